The number of carbonyl (C=O) groups excluding carboxylic acids is 1. The predicted molar refractivity (Wildman–Crippen MR) is 149 cm³/mol. The van der Waals surface area contributed by atoms with Gasteiger partial charge in [0.15, 0.2) is 11.5 Å². The second kappa shape index (κ2) is 12.1. The molecule has 0 radical (unpaired) electrons. The molecule has 0 aliphatic carbocycles. The molecule has 6 heteroatoms. The predicted octanol–water partition coefficient (Wildman–Crippen LogP) is 5.35. The lowest BCUT2D eigenvalue weighted by Gasteiger charge is -2.47. The smallest absolute Gasteiger partial charge is 0.310 e. The van der Waals surface area contributed by atoms with Crippen molar-refractivity contribution in [1.82, 2.24) is 9.80 Å². The average molecular weight is 521 g/mol. The van der Waals surface area contributed by atoms with Crippen LogP contribution in [0.3, 0.4) is 0 Å². The van der Waals surface area contributed by atoms with Crippen molar-refractivity contribution in [3.63, 3.8) is 0 Å². The first-order valence-corrected chi connectivity index (χ1v) is 14.4. The fourth-order valence-corrected chi connectivity index (χ4v) is 6.90. The largest absolute Gasteiger partial charge is 0.493 e. The van der Waals surface area contributed by atoms with Gasteiger partial charge in [-0.05, 0) is 78.8 Å². The third-order valence-corrected chi connectivity index (χ3v) is 8.84. The van der Waals surface area contributed by atoms with Crippen LogP contribution >= 0.6 is 0 Å². The molecule has 0 bridgehead atoms. The van der Waals surface area contributed by atoms with E-state index in [1.165, 1.54) is 23.1 Å². The maximum atomic E-state index is 13.2. The number of methoxy groups -OCH3 is 2. The zero-order valence-electron chi connectivity index (χ0n) is 23.5. The first-order chi connectivity index (χ1) is 18.4. The van der Waals surface area contributed by atoms with Gasteiger partial charge in [-0.1, -0.05) is 44.2 Å². The monoisotopic (exact) mass is 520 g/mol. The molecule has 4 atom stereocenters. The van der Waals surface area contributed by atoms with Crippen LogP contribution in [-0.2, 0) is 22.5 Å². The molecule has 3 aliphatic heterocycles. The van der Waals surface area contributed by atoms with E-state index >= 15 is 0 Å². The minimum atomic E-state index is -0.0190. The minimum Gasteiger partial charge on any atom is -0.493 e. The lowest BCUT2D eigenvalue weighted by atomic mass is 9.74. The summed E-state index contributed by atoms with van der Waals surface area (Å²) < 4.78 is 17.3. The third kappa shape index (κ3) is 6.02. The highest BCUT2D eigenvalue weighted by Gasteiger charge is 2.40. The molecule has 0 saturated carbocycles. The van der Waals surface area contributed by atoms with E-state index in [9.17, 15) is 4.79 Å². The normalized spacial score (nSPS) is 25.6. The molecular formula is C32H44N2O4. The standard InChI is InChI=1S/C32H44N2O4/c1-22(2)14-26-20-34-13-11-24-16-30(36-3)31(37-4)17-28(24)29(34)15-27(26)21-38-32(35)25-10-12-33(19-25)18-23-8-6-5-7-9-23/h5-9,16-17,22,25-27,29H,10-15,18-21H2,1-4H3/t25-,26-,27+,29-/m1/s1. The molecule has 3 heterocycles. The maximum absolute atomic E-state index is 13.2. The van der Waals surface area contributed by atoms with E-state index in [0.717, 1.165) is 63.5 Å². The molecule has 0 amide bonds. The quantitative estimate of drug-likeness (QED) is 0.416. The Morgan fingerprint density at radius 3 is 2.50 bits per heavy atom. The van der Waals surface area contributed by atoms with E-state index in [0.29, 0.717) is 30.4 Å². The number of rotatable bonds is 9. The summed E-state index contributed by atoms with van der Waals surface area (Å²) in [6, 6.07) is 15.2. The number of ether oxygens (including phenoxy) is 3. The summed E-state index contributed by atoms with van der Waals surface area (Å²) in [5.74, 6) is 3.09. The van der Waals surface area contributed by atoms with Crippen molar-refractivity contribution in [2.24, 2.45) is 23.7 Å². The molecule has 5 rings (SSSR count). The van der Waals surface area contributed by atoms with Crippen LogP contribution in [0.2, 0.25) is 0 Å². The summed E-state index contributed by atoms with van der Waals surface area (Å²) in [6.07, 6.45) is 4.09. The Morgan fingerprint density at radius 1 is 1.00 bits per heavy atom. The Balaban J connectivity index is 1.24. The number of piperidine rings is 1. The van der Waals surface area contributed by atoms with Gasteiger partial charge in [-0.15, -0.1) is 0 Å². The van der Waals surface area contributed by atoms with Crippen LogP contribution in [0.1, 0.15) is 55.8 Å². The highest BCUT2D eigenvalue weighted by Crippen LogP contribution is 2.45. The molecule has 2 fully saturated rings. The number of hydrogen-bond donors (Lipinski definition) is 0. The van der Waals surface area contributed by atoms with E-state index in [1.807, 2.05) is 6.07 Å². The van der Waals surface area contributed by atoms with Gasteiger partial charge in [0.25, 0.3) is 0 Å². The number of carbonyl (C=O) groups is 1. The van der Waals surface area contributed by atoms with Gasteiger partial charge in [-0.3, -0.25) is 14.6 Å². The summed E-state index contributed by atoms with van der Waals surface area (Å²) >= 11 is 0. The van der Waals surface area contributed by atoms with Gasteiger partial charge < -0.3 is 14.2 Å². The molecule has 0 spiro atoms. The zero-order chi connectivity index (χ0) is 26.6. The average Bonchev–Trinajstić information content (AvgIpc) is 3.39. The highest BCUT2D eigenvalue weighted by atomic mass is 16.5. The molecular weight excluding hydrogens is 476 g/mol. The Kier molecular flexibility index (Phi) is 8.59. The highest BCUT2D eigenvalue weighted by molar-refractivity contribution is 5.73. The molecule has 206 valence electrons. The van der Waals surface area contributed by atoms with Crippen LogP contribution in [0.25, 0.3) is 0 Å². The molecule has 2 aromatic rings. The Morgan fingerprint density at radius 2 is 1.76 bits per heavy atom. The summed E-state index contributed by atoms with van der Waals surface area (Å²) in [5, 5.41) is 0. The fraction of sp³-hybridized carbons (Fsp3) is 0.594. The number of likely N-dealkylation sites (tertiary alicyclic amines) is 1. The van der Waals surface area contributed by atoms with Gasteiger partial charge in [-0.2, -0.15) is 0 Å². The summed E-state index contributed by atoms with van der Waals surface area (Å²) in [4.78, 5) is 18.2. The number of esters is 1. The van der Waals surface area contributed by atoms with Gasteiger partial charge in [0.2, 0.25) is 0 Å². The van der Waals surface area contributed by atoms with Crippen molar-refractivity contribution in [3.8, 4) is 11.5 Å². The van der Waals surface area contributed by atoms with Gasteiger partial charge in [0.1, 0.15) is 0 Å². The van der Waals surface area contributed by atoms with Gasteiger partial charge in [0.05, 0.1) is 26.7 Å². The van der Waals surface area contributed by atoms with Crippen LogP contribution in [0.5, 0.6) is 11.5 Å². The molecule has 2 saturated heterocycles. The molecule has 2 aromatic carbocycles. The second-order valence-electron chi connectivity index (χ2n) is 11.9. The first kappa shape index (κ1) is 27.0. The number of hydrogen-bond acceptors (Lipinski definition) is 6. The number of nitrogens with zero attached hydrogens (tertiary/aromatic N) is 2. The van der Waals surface area contributed by atoms with Crippen molar-refractivity contribution in [3.05, 3.63) is 59.2 Å². The lowest BCUT2D eigenvalue weighted by Crippen LogP contribution is -2.47. The van der Waals surface area contributed by atoms with Crippen LogP contribution in [0, 0.1) is 23.7 Å². The van der Waals surface area contributed by atoms with Gasteiger partial charge in [-0.25, -0.2) is 0 Å². The Hall–Kier alpha value is -2.57. The lowest BCUT2D eigenvalue weighted by molar-refractivity contribution is -0.151. The fourth-order valence-electron chi connectivity index (χ4n) is 6.90. The maximum Gasteiger partial charge on any atom is 0.310 e. The third-order valence-electron chi connectivity index (χ3n) is 8.84. The van der Waals surface area contributed by atoms with E-state index in [-0.39, 0.29) is 11.9 Å². The van der Waals surface area contributed by atoms with Crippen molar-refractivity contribution >= 4 is 5.97 Å². The summed E-state index contributed by atoms with van der Waals surface area (Å²) in [5.41, 5.74) is 4.00. The van der Waals surface area contributed by atoms with Crippen molar-refractivity contribution in [2.75, 3.05) is 47.0 Å². The molecule has 6 nitrogen and oxygen atoms in total. The first-order valence-electron chi connectivity index (χ1n) is 14.4. The Labute approximate surface area is 228 Å². The molecule has 0 aromatic heterocycles. The van der Waals surface area contributed by atoms with Crippen molar-refractivity contribution in [2.45, 2.75) is 52.1 Å². The van der Waals surface area contributed by atoms with Crippen molar-refractivity contribution < 1.29 is 19.0 Å². The molecule has 0 N–H and O–H groups in total. The zero-order valence-corrected chi connectivity index (χ0v) is 23.5. The molecule has 38 heavy (non-hydrogen) atoms. The minimum absolute atomic E-state index is 0.0123. The van der Waals surface area contributed by atoms with Crippen LogP contribution in [0.4, 0.5) is 0 Å². The molecule has 0 unspecified atom stereocenters. The van der Waals surface area contributed by atoms with Gasteiger partial charge in [0, 0.05) is 32.2 Å². The van der Waals surface area contributed by atoms with Gasteiger partial charge >= 0.3 is 5.97 Å². The van der Waals surface area contributed by atoms with Crippen LogP contribution < -0.4 is 9.47 Å². The van der Waals surface area contributed by atoms with Crippen LogP contribution in [0.15, 0.2) is 42.5 Å². The molecule has 3 aliphatic rings. The van der Waals surface area contributed by atoms with Crippen molar-refractivity contribution in [1.29, 1.82) is 0 Å². The van der Waals surface area contributed by atoms with E-state index in [4.69, 9.17) is 14.2 Å². The van der Waals surface area contributed by atoms with E-state index in [2.05, 4.69) is 60.0 Å². The Bertz CT molecular complexity index is 1090. The second-order valence-corrected chi connectivity index (χ2v) is 11.9. The van der Waals surface area contributed by atoms with Crippen LogP contribution in [-0.4, -0.2) is 62.8 Å². The number of benzene rings is 2. The summed E-state index contributed by atoms with van der Waals surface area (Å²) in [7, 11) is 3.41. The van der Waals surface area contributed by atoms with E-state index in [1.54, 1.807) is 14.2 Å². The topological polar surface area (TPSA) is 51.2 Å². The number of fused-ring (bicyclic) bond motifs is 3. The summed E-state index contributed by atoms with van der Waals surface area (Å²) in [6.45, 7) is 9.90. The van der Waals surface area contributed by atoms with E-state index < -0.39 is 0 Å². The SMILES string of the molecule is COc1cc2c(cc1OC)[C@H]1C[C@@H](COC(=O)[C@@H]3CCN(Cc4ccccc4)C3)[C@H](CC(C)C)CN1CC2.